The minimum absolute atomic E-state index is 0.0127. The van der Waals surface area contributed by atoms with Crippen LogP contribution in [0.5, 0.6) is 0 Å². The van der Waals surface area contributed by atoms with E-state index in [0.29, 0.717) is 12.0 Å². The van der Waals surface area contributed by atoms with Crippen LogP contribution in [-0.2, 0) is 9.47 Å². The number of hydrogen-bond donors (Lipinski definition) is 1. The van der Waals surface area contributed by atoms with E-state index in [1.165, 1.54) is 38.5 Å². The maximum atomic E-state index is 6.16. The number of nitrogens with one attached hydrogen (secondary N) is 1. The summed E-state index contributed by atoms with van der Waals surface area (Å²) in [4.78, 5) is 0. The molecule has 0 aliphatic carbocycles. The first-order chi connectivity index (χ1) is 8.76. The van der Waals surface area contributed by atoms with Crippen LogP contribution in [0.3, 0.4) is 0 Å². The molecule has 0 aromatic rings. The Morgan fingerprint density at radius 1 is 1.28 bits per heavy atom. The molecule has 3 heteroatoms. The third-order valence-electron chi connectivity index (χ3n) is 4.44. The molecule has 2 fully saturated rings. The van der Waals surface area contributed by atoms with Crippen LogP contribution in [-0.4, -0.2) is 38.0 Å². The standard InChI is InChI=1S/C15H29NO2/c1-3-9-16-14(13-7-6-10-17-12-13)15(2)8-4-5-11-18-15/h13-14,16H,3-12H2,1-2H3. The Labute approximate surface area is 112 Å². The Kier molecular flexibility index (Phi) is 5.46. The number of ether oxygens (including phenoxy) is 2. The summed E-state index contributed by atoms with van der Waals surface area (Å²) in [5.41, 5.74) is 0.0127. The van der Waals surface area contributed by atoms with Gasteiger partial charge in [0.05, 0.1) is 12.2 Å². The van der Waals surface area contributed by atoms with Gasteiger partial charge in [-0.2, -0.15) is 0 Å². The Hall–Kier alpha value is -0.120. The third kappa shape index (κ3) is 3.46. The lowest BCUT2D eigenvalue weighted by Gasteiger charge is -2.45. The van der Waals surface area contributed by atoms with Crippen LogP contribution in [0.15, 0.2) is 0 Å². The van der Waals surface area contributed by atoms with E-state index in [-0.39, 0.29) is 5.60 Å². The molecule has 2 aliphatic rings. The fourth-order valence-electron chi connectivity index (χ4n) is 3.41. The van der Waals surface area contributed by atoms with Crippen LogP contribution >= 0.6 is 0 Å². The van der Waals surface area contributed by atoms with E-state index >= 15 is 0 Å². The maximum absolute atomic E-state index is 6.16. The largest absolute Gasteiger partial charge is 0.381 e. The zero-order valence-corrected chi connectivity index (χ0v) is 12.0. The van der Waals surface area contributed by atoms with Gasteiger partial charge in [-0.05, 0) is 52.0 Å². The molecule has 3 nitrogen and oxygen atoms in total. The molecule has 2 aliphatic heterocycles. The summed E-state index contributed by atoms with van der Waals surface area (Å²) in [6.45, 7) is 8.38. The molecule has 0 aromatic heterocycles. The van der Waals surface area contributed by atoms with Gasteiger partial charge in [0, 0.05) is 25.2 Å². The summed E-state index contributed by atoms with van der Waals surface area (Å²) >= 11 is 0. The maximum Gasteiger partial charge on any atom is 0.0810 e. The van der Waals surface area contributed by atoms with Crippen molar-refractivity contribution in [3.63, 3.8) is 0 Å². The van der Waals surface area contributed by atoms with E-state index in [1.807, 2.05) is 0 Å². The SMILES string of the molecule is CCCNC(C1CCCOC1)C1(C)CCCCO1. The van der Waals surface area contributed by atoms with Crippen LogP contribution in [0.2, 0.25) is 0 Å². The second kappa shape index (κ2) is 6.88. The average molecular weight is 255 g/mol. The Morgan fingerprint density at radius 2 is 2.17 bits per heavy atom. The summed E-state index contributed by atoms with van der Waals surface area (Å²) in [5.74, 6) is 0.619. The molecule has 3 unspecified atom stereocenters. The van der Waals surface area contributed by atoms with E-state index in [4.69, 9.17) is 9.47 Å². The van der Waals surface area contributed by atoms with E-state index in [1.54, 1.807) is 0 Å². The molecule has 18 heavy (non-hydrogen) atoms. The molecular formula is C15H29NO2. The highest BCUT2D eigenvalue weighted by Gasteiger charge is 2.41. The molecule has 2 saturated heterocycles. The van der Waals surface area contributed by atoms with Crippen molar-refractivity contribution in [2.75, 3.05) is 26.4 Å². The predicted molar refractivity (Wildman–Crippen MR) is 73.8 cm³/mol. The Balaban J connectivity index is 2.02. The van der Waals surface area contributed by atoms with Gasteiger partial charge in [-0.3, -0.25) is 0 Å². The van der Waals surface area contributed by atoms with Gasteiger partial charge < -0.3 is 14.8 Å². The molecule has 1 N–H and O–H groups in total. The molecule has 106 valence electrons. The van der Waals surface area contributed by atoms with Gasteiger partial charge in [-0.15, -0.1) is 0 Å². The summed E-state index contributed by atoms with van der Waals surface area (Å²) in [7, 11) is 0. The molecule has 0 amide bonds. The average Bonchev–Trinajstić information content (AvgIpc) is 2.41. The van der Waals surface area contributed by atoms with E-state index in [0.717, 1.165) is 26.4 Å². The lowest BCUT2D eigenvalue weighted by atomic mass is 9.78. The van der Waals surface area contributed by atoms with Crippen molar-refractivity contribution in [1.82, 2.24) is 5.32 Å². The second-order valence-electron chi connectivity index (χ2n) is 6.03. The lowest BCUT2D eigenvalue weighted by molar-refractivity contribution is -0.113. The Morgan fingerprint density at radius 3 is 2.78 bits per heavy atom. The smallest absolute Gasteiger partial charge is 0.0810 e. The molecule has 3 atom stereocenters. The highest BCUT2D eigenvalue weighted by molar-refractivity contribution is 4.96. The first kappa shape index (κ1) is 14.3. The quantitative estimate of drug-likeness (QED) is 0.819. The van der Waals surface area contributed by atoms with Gasteiger partial charge in [0.1, 0.15) is 0 Å². The van der Waals surface area contributed by atoms with Crippen molar-refractivity contribution in [3.05, 3.63) is 0 Å². The van der Waals surface area contributed by atoms with Gasteiger partial charge in [-0.1, -0.05) is 6.92 Å². The highest BCUT2D eigenvalue weighted by atomic mass is 16.5. The normalized spacial score (nSPS) is 35.3. The van der Waals surface area contributed by atoms with Crippen molar-refractivity contribution in [2.45, 2.75) is 64.0 Å². The number of rotatable bonds is 5. The molecule has 0 radical (unpaired) electrons. The van der Waals surface area contributed by atoms with Crippen molar-refractivity contribution >= 4 is 0 Å². The number of hydrogen-bond acceptors (Lipinski definition) is 3. The summed E-state index contributed by atoms with van der Waals surface area (Å²) < 4.78 is 11.8. The van der Waals surface area contributed by atoms with Crippen molar-refractivity contribution in [2.24, 2.45) is 5.92 Å². The molecular weight excluding hydrogens is 226 g/mol. The summed E-state index contributed by atoms with van der Waals surface area (Å²) in [6, 6.07) is 0.457. The monoisotopic (exact) mass is 255 g/mol. The molecule has 0 saturated carbocycles. The lowest BCUT2D eigenvalue weighted by Crippen LogP contribution is -2.57. The third-order valence-corrected chi connectivity index (χ3v) is 4.44. The first-order valence-corrected chi connectivity index (χ1v) is 7.71. The Bertz CT molecular complexity index is 233. The van der Waals surface area contributed by atoms with Crippen molar-refractivity contribution in [3.8, 4) is 0 Å². The minimum atomic E-state index is 0.0127. The topological polar surface area (TPSA) is 30.5 Å². The van der Waals surface area contributed by atoms with Crippen LogP contribution in [0.25, 0.3) is 0 Å². The molecule has 0 spiro atoms. The van der Waals surface area contributed by atoms with Crippen molar-refractivity contribution < 1.29 is 9.47 Å². The molecule has 2 rings (SSSR count). The fraction of sp³-hybridized carbons (Fsp3) is 1.00. The summed E-state index contributed by atoms with van der Waals surface area (Å²) in [6.07, 6.45) is 7.36. The molecule has 0 bridgehead atoms. The molecule has 2 heterocycles. The van der Waals surface area contributed by atoms with Gasteiger partial charge in [0.2, 0.25) is 0 Å². The molecule has 0 aromatic carbocycles. The van der Waals surface area contributed by atoms with E-state index in [2.05, 4.69) is 19.2 Å². The zero-order valence-electron chi connectivity index (χ0n) is 12.0. The van der Waals surface area contributed by atoms with Gasteiger partial charge in [-0.25, -0.2) is 0 Å². The second-order valence-corrected chi connectivity index (χ2v) is 6.03. The van der Waals surface area contributed by atoms with Gasteiger partial charge in [0.15, 0.2) is 0 Å². The van der Waals surface area contributed by atoms with Gasteiger partial charge >= 0.3 is 0 Å². The van der Waals surface area contributed by atoms with Crippen molar-refractivity contribution in [1.29, 1.82) is 0 Å². The van der Waals surface area contributed by atoms with Crippen LogP contribution in [0.4, 0.5) is 0 Å². The zero-order chi connectivity index (χ0) is 12.8. The van der Waals surface area contributed by atoms with Crippen LogP contribution in [0.1, 0.15) is 52.4 Å². The van der Waals surface area contributed by atoms with Crippen LogP contribution < -0.4 is 5.32 Å². The first-order valence-electron chi connectivity index (χ1n) is 7.71. The van der Waals surface area contributed by atoms with E-state index in [9.17, 15) is 0 Å². The predicted octanol–water partition coefficient (Wildman–Crippen LogP) is 2.74. The fourth-order valence-corrected chi connectivity index (χ4v) is 3.41. The van der Waals surface area contributed by atoms with E-state index < -0.39 is 0 Å². The minimum Gasteiger partial charge on any atom is -0.381 e. The highest BCUT2D eigenvalue weighted by Crippen LogP contribution is 2.34. The van der Waals surface area contributed by atoms with Crippen LogP contribution in [0, 0.1) is 5.92 Å². The summed E-state index contributed by atoms with van der Waals surface area (Å²) in [5, 5.41) is 3.74. The van der Waals surface area contributed by atoms with Gasteiger partial charge in [0.25, 0.3) is 0 Å².